The molecule has 2 aromatic carbocycles. The molecule has 2 N–H and O–H groups in total. The molecule has 0 saturated heterocycles. The molecule has 2 aromatic rings. The molecule has 2 nitrogen and oxygen atoms in total. The SMILES string of the molecule is Fc1cc2c(cc1Br)NCC(c1ccccc1)N2. The molecule has 1 aliphatic rings. The minimum Gasteiger partial charge on any atom is -0.381 e. The van der Waals surface area contributed by atoms with Crippen molar-refractivity contribution in [2.75, 3.05) is 17.2 Å². The molecule has 0 saturated carbocycles. The summed E-state index contributed by atoms with van der Waals surface area (Å²) in [5.41, 5.74) is 2.92. The van der Waals surface area contributed by atoms with Crippen LogP contribution >= 0.6 is 15.9 Å². The van der Waals surface area contributed by atoms with Gasteiger partial charge in [-0.05, 0) is 27.6 Å². The molecule has 0 spiro atoms. The number of hydrogen-bond donors (Lipinski definition) is 2. The first-order chi connectivity index (χ1) is 8.74. The van der Waals surface area contributed by atoms with Crippen LogP contribution in [-0.4, -0.2) is 6.54 Å². The summed E-state index contributed by atoms with van der Waals surface area (Å²) in [5.74, 6) is -0.253. The van der Waals surface area contributed by atoms with Crippen LogP contribution in [0.25, 0.3) is 0 Å². The Kier molecular flexibility index (Phi) is 2.96. The van der Waals surface area contributed by atoms with Crippen LogP contribution in [0.5, 0.6) is 0 Å². The third-order valence-electron chi connectivity index (χ3n) is 3.09. The Hall–Kier alpha value is -1.55. The Morgan fingerprint density at radius 3 is 2.67 bits per heavy atom. The van der Waals surface area contributed by atoms with Gasteiger partial charge in [0.1, 0.15) is 5.82 Å². The topological polar surface area (TPSA) is 24.1 Å². The molecule has 1 heterocycles. The molecule has 1 aliphatic heterocycles. The fourth-order valence-electron chi connectivity index (χ4n) is 2.15. The Labute approximate surface area is 113 Å². The van der Waals surface area contributed by atoms with Crippen LogP contribution in [0, 0.1) is 5.82 Å². The van der Waals surface area contributed by atoms with Gasteiger partial charge < -0.3 is 10.6 Å². The fraction of sp³-hybridized carbons (Fsp3) is 0.143. The normalized spacial score (nSPS) is 17.6. The number of fused-ring (bicyclic) bond motifs is 1. The lowest BCUT2D eigenvalue weighted by Crippen LogP contribution is -2.25. The largest absolute Gasteiger partial charge is 0.381 e. The second-order valence-electron chi connectivity index (χ2n) is 4.30. The van der Waals surface area contributed by atoms with E-state index in [0.29, 0.717) is 4.47 Å². The van der Waals surface area contributed by atoms with Crippen molar-refractivity contribution < 1.29 is 4.39 Å². The van der Waals surface area contributed by atoms with Gasteiger partial charge in [-0.1, -0.05) is 30.3 Å². The zero-order valence-electron chi connectivity index (χ0n) is 9.58. The lowest BCUT2D eigenvalue weighted by molar-refractivity contribution is 0.620. The van der Waals surface area contributed by atoms with Gasteiger partial charge in [-0.2, -0.15) is 0 Å². The third kappa shape index (κ3) is 2.08. The van der Waals surface area contributed by atoms with Gasteiger partial charge in [-0.3, -0.25) is 0 Å². The molecular weight excluding hydrogens is 295 g/mol. The van der Waals surface area contributed by atoms with E-state index in [0.717, 1.165) is 17.9 Å². The molecule has 0 aliphatic carbocycles. The van der Waals surface area contributed by atoms with Crippen LogP contribution in [0.4, 0.5) is 15.8 Å². The van der Waals surface area contributed by atoms with Crippen molar-refractivity contribution in [1.29, 1.82) is 0 Å². The molecule has 92 valence electrons. The summed E-state index contributed by atoms with van der Waals surface area (Å²) in [6.45, 7) is 0.787. The summed E-state index contributed by atoms with van der Waals surface area (Å²) < 4.78 is 14.0. The van der Waals surface area contributed by atoms with Crippen LogP contribution < -0.4 is 10.6 Å². The highest BCUT2D eigenvalue weighted by molar-refractivity contribution is 9.10. The second-order valence-corrected chi connectivity index (χ2v) is 5.15. The van der Waals surface area contributed by atoms with Gasteiger partial charge in [0.05, 0.1) is 21.9 Å². The van der Waals surface area contributed by atoms with E-state index in [1.807, 2.05) is 18.2 Å². The first kappa shape index (κ1) is 11.5. The van der Waals surface area contributed by atoms with E-state index >= 15 is 0 Å². The monoisotopic (exact) mass is 306 g/mol. The number of anilines is 2. The first-order valence-corrected chi connectivity index (χ1v) is 6.58. The molecule has 0 amide bonds. The van der Waals surface area contributed by atoms with Crippen molar-refractivity contribution in [3.8, 4) is 0 Å². The zero-order valence-corrected chi connectivity index (χ0v) is 11.2. The number of rotatable bonds is 1. The van der Waals surface area contributed by atoms with Gasteiger partial charge in [0, 0.05) is 12.6 Å². The quantitative estimate of drug-likeness (QED) is 0.826. The highest BCUT2D eigenvalue weighted by Gasteiger charge is 2.19. The van der Waals surface area contributed by atoms with Crippen molar-refractivity contribution in [2.45, 2.75) is 6.04 Å². The molecule has 0 bridgehead atoms. The molecule has 1 unspecified atom stereocenters. The highest BCUT2D eigenvalue weighted by Crippen LogP contribution is 2.34. The van der Waals surface area contributed by atoms with Gasteiger partial charge in [0.2, 0.25) is 0 Å². The van der Waals surface area contributed by atoms with Gasteiger partial charge in [0.25, 0.3) is 0 Å². The highest BCUT2D eigenvalue weighted by atomic mass is 79.9. The summed E-state index contributed by atoms with van der Waals surface area (Å²) in [5, 5.41) is 6.68. The van der Waals surface area contributed by atoms with E-state index < -0.39 is 0 Å². The summed E-state index contributed by atoms with van der Waals surface area (Å²) in [7, 11) is 0. The second kappa shape index (κ2) is 4.61. The average Bonchev–Trinajstić information content (AvgIpc) is 2.41. The summed E-state index contributed by atoms with van der Waals surface area (Å²) in [4.78, 5) is 0. The van der Waals surface area contributed by atoms with E-state index in [4.69, 9.17) is 0 Å². The molecule has 3 rings (SSSR count). The van der Waals surface area contributed by atoms with Crippen LogP contribution in [0.2, 0.25) is 0 Å². The molecule has 4 heteroatoms. The molecule has 0 radical (unpaired) electrons. The lowest BCUT2D eigenvalue weighted by atomic mass is 10.0. The number of halogens is 2. The van der Waals surface area contributed by atoms with Crippen LogP contribution in [0.3, 0.4) is 0 Å². The van der Waals surface area contributed by atoms with Crippen LogP contribution in [0.15, 0.2) is 46.9 Å². The van der Waals surface area contributed by atoms with Crippen LogP contribution in [0.1, 0.15) is 11.6 Å². The number of benzene rings is 2. The summed E-state index contributed by atoms with van der Waals surface area (Å²) >= 11 is 3.19. The zero-order chi connectivity index (χ0) is 12.5. The van der Waals surface area contributed by atoms with Gasteiger partial charge in [-0.25, -0.2) is 4.39 Å². The third-order valence-corrected chi connectivity index (χ3v) is 3.70. The van der Waals surface area contributed by atoms with Crippen molar-refractivity contribution in [3.63, 3.8) is 0 Å². The Morgan fingerprint density at radius 2 is 1.89 bits per heavy atom. The Balaban J connectivity index is 1.92. The van der Waals surface area contributed by atoms with E-state index in [1.165, 1.54) is 11.6 Å². The Bertz CT molecular complexity index is 572. The van der Waals surface area contributed by atoms with E-state index in [-0.39, 0.29) is 11.9 Å². The number of nitrogens with one attached hydrogen (secondary N) is 2. The molecular formula is C14H12BrFN2. The van der Waals surface area contributed by atoms with Crippen molar-refractivity contribution in [3.05, 3.63) is 58.3 Å². The fourth-order valence-corrected chi connectivity index (χ4v) is 2.49. The lowest BCUT2D eigenvalue weighted by Gasteiger charge is -2.29. The maximum atomic E-state index is 13.5. The standard InChI is InChI=1S/C14H12BrFN2/c15-10-6-12-13(7-11(10)16)18-14(8-17-12)9-4-2-1-3-5-9/h1-7,14,17-18H,8H2. The molecule has 1 atom stereocenters. The summed E-state index contributed by atoms with van der Waals surface area (Å²) in [6.07, 6.45) is 0. The predicted molar refractivity (Wildman–Crippen MR) is 75.4 cm³/mol. The van der Waals surface area contributed by atoms with Crippen molar-refractivity contribution in [1.82, 2.24) is 0 Å². The molecule has 0 aromatic heterocycles. The van der Waals surface area contributed by atoms with Gasteiger partial charge in [-0.15, -0.1) is 0 Å². The molecule has 18 heavy (non-hydrogen) atoms. The molecule has 0 fully saturated rings. The van der Waals surface area contributed by atoms with E-state index in [9.17, 15) is 4.39 Å². The Morgan fingerprint density at radius 1 is 1.11 bits per heavy atom. The van der Waals surface area contributed by atoms with Crippen molar-refractivity contribution >= 4 is 27.3 Å². The van der Waals surface area contributed by atoms with E-state index in [1.54, 1.807) is 6.07 Å². The average molecular weight is 307 g/mol. The predicted octanol–water partition coefficient (Wildman–Crippen LogP) is 4.17. The van der Waals surface area contributed by atoms with E-state index in [2.05, 4.69) is 38.7 Å². The van der Waals surface area contributed by atoms with Crippen molar-refractivity contribution in [2.24, 2.45) is 0 Å². The van der Waals surface area contributed by atoms with Gasteiger partial charge >= 0.3 is 0 Å². The maximum absolute atomic E-state index is 13.5. The number of hydrogen-bond acceptors (Lipinski definition) is 2. The maximum Gasteiger partial charge on any atom is 0.139 e. The minimum absolute atomic E-state index is 0.166. The van der Waals surface area contributed by atoms with Gasteiger partial charge in [0.15, 0.2) is 0 Å². The van der Waals surface area contributed by atoms with Crippen LogP contribution in [-0.2, 0) is 0 Å². The summed E-state index contributed by atoms with van der Waals surface area (Å²) in [6, 6.07) is 13.6. The minimum atomic E-state index is -0.253. The smallest absolute Gasteiger partial charge is 0.139 e. The first-order valence-electron chi connectivity index (χ1n) is 5.78.